The van der Waals surface area contributed by atoms with Crippen molar-refractivity contribution in [1.82, 2.24) is 5.32 Å². The summed E-state index contributed by atoms with van der Waals surface area (Å²) in [4.78, 5) is 2.53. The molecule has 2 nitrogen and oxygen atoms in total. The minimum Gasteiger partial charge on any atom is -0.369 e. The molecule has 0 amide bonds. The molecule has 1 aromatic carbocycles. The Labute approximate surface area is 119 Å². The second kappa shape index (κ2) is 6.07. The molecule has 18 heavy (non-hydrogen) atoms. The van der Waals surface area contributed by atoms with Crippen LogP contribution in [0.5, 0.6) is 0 Å². The number of nitrogens with one attached hydrogen (secondary N) is 1. The van der Waals surface area contributed by atoms with Crippen molar-refractivity contribution in [3.05, 3.63) is 27.7 Å². The molecule has 0 radical (unpaired) electrons. The van der Waals surface area contributed by atoms with E-state index >= 15 is 0 Å². The maximum absolute atomic E-state index is 3.63. The lowest BCUT2D eigenvalue weighted by Gasteiger charge is -2.24. The van der Waals surface area contributed by atoms with Crippen molar-refractivity contribution in [1.29, 1.82) is 0 Å². The molecule has 0 saturated carbocycles. The number of rotatable bonds is 4. The van der Waals surface area contributed by atoms with Crippen molar-refractivity contribution in [3.8, 4) is 0 Å². The zero-order valence-electron chi connectivity index (χ0n) is 11.6. The third-order valence-electron chi connectivity index (χ3n) is 3.64. The molecule has 1 heterocycles. The van der Waals surface area contributed by atoms with E-state index in [2.05, 4.69) is 59.1 Å². The highest BCUT2D eigenvalue weighted by Crippen LogP contribution is 2.30. The van der Waals surface area contributed by atoms with Crippen LogP contribution in [0, 0.1) is 13.8 Å². The highest BCUT2D eigenvalue weighted by molar-refractivity contribution is 9.10. The average molecular weight is 311 g/mol. The van der Waals surface area contributed by atoms with Gasteiger partial charge in [-0.15, -0.1) is 0 Å². The molecule has 100 valence electrons. The number of hydrogen-bond donors (Lipinski definition) is 1. The van der Waals surface area contributed by atoms with Crippen LogP contribution in [0.1, 0.15) is 30.9 Å². The van der Waals surface area contributed by atoms with Crippen LogP contribution in [-0.4, -0.2) is 25.7 Å². The molecule has 1 N–H and O–H groups in total. The SMILES string of the molecule is CCCNC1CCN(c2c(C)cc(Br)cc2C)C1. The lowest BCUT2D eigenvalue weighted by molar-refractivity contribution is 0.549. The fraction of sp³-hybridized carbons (Fsp3) is 0.600. The van der Waals surface area contributed by atoms with Crippen LogP contribution in [0.25, 0.3) is 0 Å². The van der Waals surface area contributed by atoms with E-state index in [4.69, 9.17) is 0 Å². The van der Waals surface area contributed by atoms with Gasteiger partial charge in [-0.1, -0.05) is 22.9 Å². The van der Waals surface area contributed by atoms with Crippen molar-refractivity contribution >= 4 is 21.6 Å². The Morgan fingerprint density at radius 3 is 2.61 bits per heavy atom. The lowest BCUT2D eigenvalue weighted by atomic mass is 10.1. The Balaban J connectivity index is 2.09. The van der Waals surface area contributed by atoms with Gasteiger partial charge >= 0.3 is 0 Å². The Morgan fingerprint density at radius 2 is 2.00 bits per heavy atom. The van der Waals surface area contributed by atoms with Crippen LogP contribution in [0.2, 0.25) is 0 Å². The first kappa shape index (κ1) is 13.9. The van der Waals surface area contributed by atoms with E-state index in [-0.39, 0.29) is 0 Å². The number of halogens is 1. The smallest absolute Gasteiger partial charge is 0.0426 e. The molecule has 0 spiro atoms. The van der Waals surface area contributed by atoms with Crippen LogP contribution >= 0.6 is 15.9 Å². The minimum atomic E-state index is 0.660. The van der Waals surface area contributed by atoms with E-state index < -0.39 is 0 Å². The van der Waals surface area contributed by atoms with Crippen LogP contribution in [0.4, 0.5) is 5.69 Å². The molecule has 0 aromatic heterocycles. The standard InChI is InChI=1S/C15H23BrN2/c1-4-6-17-14-5-7-18(10-14)15-11(2)8-13(16)9-12(15)3/h8-9,14,17H,4-7,10H2,1-3H3. The summed E-state index contributed by atoms with van der Waals surface area (Å²) < 4.78 is 1.18. The van der Waals surface area contributed by atoms with Crippen molar-refractivity contribution < 1.29 is 0 Å². The summed E-state index contributed by atoms with van der Waals surface area (Å²) in [6, 6.07) is 5.09. The third-order valence-corrected chi connectivity index (χ3v) is 4.10. The fourth-order valence-electron chi connectivity index (χ4n) is 2.88. The van der Waals surface area contributed by atoms with Crippen molar-refractivity contribution in [2.45, 2.75) is 39.7 Å². The predicted octanol–water partition coefficient (Wildman–Crippen LogP) is 3.64. The van der Waals surface area contributed by atoms with Gasteiger partial charge in [-0.3, -0.25) is 0 Å². The van der Waals surface area contributed by atoms with Crippen LogP contribution in [0.3, 0.4) is 0 Å². The number of hydrogen-bond acceptors (Lipinski definition) is 2. The van der Waals surface area contributed by atoms with E-state index in [1.807, 2.05) is 0 Å². The topological polar surface area (TPSA) is 15.3 Å². The van der Waals surface area contributed by atoms with Gasteiger partial charge in [0.05, 0.1) is 0 Å². The Kier molecular flexibility index (Phi) is 4.68. The third kappa shape index (κ3) is 3.07. The summed E-state index contributed by atoms with van der Waals surface area (Å²) in [6.07, 6.45) is 2.47. The van der Waals surface area contributed by atoms with Gasteiger partial charge in [0.1, 0.15) is 0 Å². The molecule has 1 atom stereocenters. The monoisotopic (exact) mass is 310 g/mol. The molecule has 1 aromatic rings. The number of aryl methyl sites for hydroxylation is 2. The maximum Gasteiger partial charge on any atom is 0.0426 e. The summed E-state index contributed by atoms with van der Waals surface area (Å²) in [6.45, 7) is 10.1. The van der Waals surface area contributed by atoms with Gasteiger partial charge in [0.25, 0.3) is 0 Å². The number of benzene rings is 1. The van der Waals surface area contributed by atoms with Crippen molar-refractivity contribution in [2.24, 2.45) is 0 Å². The fourth-order valence-corrected chi connectivity index (χ4v) is 3.57. The zero-order valence-corrected chi connectivity index (χ0v) is 13.2. The van der Waals surface area contributed by atoms with Crippen molar-refractivity contribution in [3.63, 3.8) is 0 Å². The zero-order chi connectivity index (χ0) is 13.1. The van der Waals surface area contributed by atoms with E-state index in [1.54, 1.807) is 0 Å². The largest absolute Gasteiger partial charge is 0.369 e. The summed E-state index contributed by atoms with van der Waals surface area (Å²) >= 11 is 3.57. The van der Waals surface area contributed by atoms with E-state index in [0.29, 0.717) is 6.04 Å². The highest BCUT2D eigenvalue weighted by Gasteiger charge is 2.24. The van der Waals surface area contributed by atoms with E-state index in [9.17, 15) is 0 Å². The summed E-state index contributed by atoms with van der Waals surface area (Å²) in [5.74, 6) is 0. The van der Waals surface area contributed by atoms with Gasteiger partial charge in [0, 0.05) is 29.3 Å². The Bertz CT molecular complexity index is 394. The second-order valence-corrected chi connectivity index (χ2v) is 6.19. The normalized spacial score (nSPS) is 19.6. The van der Waals surface area contributed by atoms with Gasteiger partial charge in [0.2, 0.25) is 0 Å². The summed E-state index contributed by atoms with van der Waals surface area (Å²) in [5, 5.41) is 3.63. The average Bonchev–Trinajstić information content (AvgIpc) is 2.73. The lowest BCUT2D eigenvalue weighted by Crippen LogP contribution is -2.33. The van der Waals surface area contributed by atoms with Crippen LogP contribution in [0.15, 0.2) is 16.6 Å². The summed E-state index contributed by atoms with van der Waals surface area (Å²) in [5.41, 5.74) is 4.18. The molecule has 0 bridgehead atoms. The number of anilines is 1. The molecule has 1 saturated heterocycles. The van der Waals surface area contributed by atoms with Gasteiger partial charge in [-0.05, 0) is 56.5 Å². The van der Waals surface area contributed by atoms with Crippen LogP contribution in [-0.2, 0) is 0 Å². The second-order valence-electron chi connectivity index (χ2n) is 5.27. The Hall–Kier alpha value is -0.540. The molecular formula is C15H23BrN2. The first-order valence-corrected chi connectivity index (χ1v) is 7.66. The van der Waals surface area contributed by atoms with E-state index in [0.717, 1.165) is 13.1 Å². The van der Waals surface area contributed by atoms with E-state index in [1.165, 1.54) is 40.7 Å². The quantitative estimate of drug-likeness (QED) is 0.913. The first-order valence-electron chi connectivity index (χ1n) is 6.87. The number of nitrogens with zero attached hydrogens (tertiary/aromatic N) is 1. The molecule has 3 heteroatoms. The summed E-state index contributed by atoms with van der Waals surface area (Å²) in [7, 11) is 0. The molecule has 1 unspecified atom stereocenters. The van der Waals surface area contributed by atoms with Gasteiger partial charge < -0.3 is 10.2 Å². The molecule has 1 aliphatic rings. The molecule has 1 fully saturated rings. The molecule has 2 rings (SSSR count). The molecule has 0 aliphatic carbocycles. The predicted molar refractivity (Wildman–Crippen MR) is 82.5 cm³/mol. The van der Waals surface area contributed by atoms with Gasteiger partial charge in [-0.25, -0.2) is 0 Å². The highest BCUT2D eigenvalue weighted by atomic mass is 79.9. The molecule has 1 aliphatic heterocycles. The maximum atomic E-state index is 3.63. The van der Waals surface area contributed by atoms with Crippen LogP contribution < -0.4 is 10.2 Å². The first-order chi connectivity index (χ1) is 8.61. The Morgan fingerprint density at radius 1 is 1.33 bits per heavy atom. The van der Waals surface area contributed by atoms with Gasteiger partial charge in [0.15, 0.2) is 0 Å². The van der Waals surface area contributed by atoms with Crippen molar-refractivity contribution in [2.75, 3.05) is 24.5 Å². The minimum absolute atomic E-state index is 0.660. The van der Waals surface area contributed by atoms with Gasteiger partial charge in [-0.2, -0.15) is 0 Å². The molecular weight excluding hydrogens is 288 g/mol.